The van der Waals surface area contributed by atoms with Crippen molar-refractivity contribution >= 4 is 22.4 Å². The zero-order valence-corrected chi connectivity index (χ0v) is 15.1. The van der Waals surface area contributed by atoms with Gasteiger partial charge in [0.25, 0.3) is 0 Å². The van der Waals surface area contributed by atoms with Gasteiger partial charge in [-0.1, -0.05) is 36.4 Å². The summed E-state index contributed by atoms with van der Waals surface area (Å²) < 4.78 is 40.7. The summed E-state index contributed by atoms with van der Waals surface area (Å²) >= 11 is 0. The molecule has 0 aliphatic rings. The molecule has 0 saturated carbocycles. The van der Waals surface area contributed by atoms with E-state index in [2.05, 4.69) is 0 Å². The topological polar surface area (TPSA) is 63.4 Å². The molecule has 0 unspecified atom stereocenters. The van der Waals surface area contributed by atoms with Crippen LogP contribution in [0.15, 0.2) is 53.4 Å². The highest BCUT2D eigenvalue weighted by atomic mass is 35.5. The second-order valence-corrected chi connectivity index (χ2v) is 7.28. The molecule has 132 valence electrons. The molecule has 0 radical (unpaired) electrons. The highest BCUT2D eigenvalue weighted by molar-refractivity contribution is 7.89. The molecular weight excluding hydrogens is 351 g/mol. The fourth-order valence-electron chi connectivity index (χ4n) is 2.33. The first-order chi connectivity index (χ1) is 10.9. The fourth-order valence-corrected chi connectivity index (χ4v) is 4.03. The fraction of sp³-hybridized carbons (Fsp3) is 0.294. The molecule has 7 heteroatoms. The molecule has 0 aromatic heterocycles. The van der Waals surface area contributed by atoms with Gasteiger partial charge in [0.15, 0.2) is 0 Å². The number of sulfonamides is 1. The van der Waals surface area contributed by atoms with E-state index in [0.717, 1.165) is 11.6 Å². The van der Waals surface area contributed by atoms with Gasteiger partial charge in [-0.2, -0.15) is 4.31 Å². The van der Waals surface area contributed by atoms with Crippen molar-refractivity contribution in [3.05, 3.63) is 65.5 Å². The first-order valence-electron chi connectivity index (χ1n) is 7.45. The number of halogens is 2. The van der Waals surface area contributed by atoms with Gasteiger partial charge in [0, 0.05) is 13.1 Å². The van der Waals surface area contributed by atoms with E-state index in [9.17, 15) is 12.8 Å². The Hall–Kier alpha value is -1.47. The number of benzene rings is 2. The molecular formula is C17H22ClFN2O2S. The lowest BCUT2D eigenvalue weighted by Gasteiger charge is -2.23. The van der Waals surface area contributed by atoms with Crippen LogP contribution in [0.25, 0.3) is 0 Å². The third kappa shape index (κ3) is 5.01. The monoisotopic (exact) mass is 372 g/mol. The second-order valence-electron chi connectivity index (χ2n) is 5.38. The Morgan fingerprint density at radius 2 is 1.79 bits per heavy atom. The van der Waals surface area contributed by atoms with E-state index in [1.54, 1.807) is 6.92 Å². The van der Waals surface area contributed by atoms with Crippen LogP contribution in [0.3, 0.4) is 0 Å². The van der Waals surface area contributed by atoms with Crippen LogP contribution in [0.5, 0.6) is 0 Å². The number of hydrogen-bond donors (Lipinski definition) is 1. The van der Waals surface area contributed by atoms with Crippen LogP contribution in [0.4, 0.5) is 4.39 Å². The van der Waals surface area contributed by atoms with Gasteiger partial charge in [-0.15, -0.1) is 12.4 Å². The van der Waals surface area contributed by atoms with Gasteiger partial charge in [0.2, 0.25) is 10.0 Å². The maximum absolute atomic E-state index is 13.5. The zero-order valence-electron chi connectivity index (χ0n) is 13.5. The first-order valence-corrected chi connectivity index (χ1v) is 8.89. The van der Waals surface area contributed by atoms with Crippen LogP contribution in [-0.2, 0) is 16.6 Å². The standard InChI is InChI=1S/C17H21FN2O2S.ClH/c1-14-8-9-16(18)12-17(14)23(21,22)20(11-5-10-19)13-15-6-3-2-4-7-15;/h2-4,6-9,12H,5,10-11,13,19H2,1H3;1H. The minimum absolute atomic E-state index is 0. The van der Waals surface area contributed by atoms with Crippen LogP contribution < -0.4 is 5.73 Å². The third-order valence-corrected chi connectivity index (χ3v) is 5.57. The molecule has 2 rings (SSSR count). The predicted molar refractivity (Wildman–Crippen MR) is 96.1 cm³/mol. The lowest BCUT2D eigenvalue weighted by molar-refractivity contribution is 0.401. The SMILES string of the molecule is Cc1ccc(F)cc1S(=O)(=O)N(CCCN)Cc1ccccc1.Cl. The zero-order chi connectivity index (χ0) is 16.9. The van der Waals surface area contributed by atoms with Crippen LogP contribution in [-0.4, -0.2) is 25.8 Å². The van der Waals surface area contributed by atoms with E-state index in [-0.39, 0.29) is 23.8 Å². The van der Waals surface area contributed by atoms with Gasteiger partial charge in [-0.3, -0.25) is 0 Å². The molecule has 4 nitrogen and oxygen atoms in total. The molecule has 0 aliphatic heterocycles. The molecule has 0 fully saturated rings. The molecule has 24 heavy (non-hydrogen) atoms. The number of hydrogen-bond acceptors (Lipinski definition) is 3. The Kier molecular flexibility index (Phi) is 7.83. The van der Waals surface area contributed by atoms with E-state index >= 15 is 0 Å². The van der Waals surface area contributed by atoms with Crippen LogP contribution in [0.1, 0.15) is 17.5 Å². The van der Waals surface area contributed by atoms with Crippen molar-refractivity contribution in [3.8, 4) is 0 Å². The average molecular weight is 373 g/mol. The molecule has 0 spiro atoms. The molecule has 0 aliphatic carbocycles. The lowest BCUT2D eigenvalue weighted by Crippen LogP contribution is -2.33. The number of nitrogens with two attached hydrogens (primary N) is 1. The van der Waals surface area contributed by atoms with Gasteiger partial charge in [0.05, 0.1) is 4.90 Å². The van der Waals surface area contributed by atoms with Gasteiger partial charge >= 0.3 is 0 Å². The molecule has 2 aromatic rings. The maximum Gasteiger partial charge on any atom is 0.243 e. The van der Waals surface area contributed by atoms with Crippen molar-refractivity contribution in [2.75, 3.05) is 13.1 Å². The summed E-state index contributed by atoms with van der Waals surface area (Å²) in [5.74, 6) is -0.562. The van der Waals surface area contributed by atoms with Crippen molar-refractivity contribution in [3.63, 3.8) is 0 Å². The summed E-state index contributed by atoms with van der Waals surface area (Å²) in [6.07, 6.45) is 0.542. The van der Waals surface area contributed by atoms with Crippen LogP contribution >= 0.6 is 12.4 Å². The van der Waals surface area contributed by atoms with Crippen molar-refractivity contribution < 1.29 is 12.8 Å². The minimum atomic E-state index is -3.79. The van der Waals surface area contributed by atoms with Crippen LogP contribution in [0.2, 0.25) is 0 Å². The van der Waals surface area contributed by atoms with Crippen molar-refractivity contribution in [2.45, 2.75) is 24.8 Å². The average Bonchev–Trinajstić information content (AvgIpc) is 2.54. The van der Waals surface area contributed by atoms with E-state index in [4.69, 9.17) is 5.73 Å². The molecule has 0 bridgehead atoms. The largest absolute Gasteiger partial charge is 0.330 e. The Morgan fingerprint density at radius 1 is 1.12 bits per heavy atom. The number of nitrogens with zero attached hydrogens (tertiary/aromatic N) is 1. The van der Waals surface area contributed by atoms with E-state index in [1.165, 1.54) is 16.4 Å². The highest BCUT2D eigenvalue weighted by Gasteiger charge is 2.26. The van der Waals surface area contributed by atoms with Gasteiger partial charge < -0.3 is 5.73 Å². The third-order valence-electron chi connectivity index (χ3n) is 3.58. The normalized spacial score (nSPS) is 11.3. The van der Waals surface area contributed by atoms with Crippen molar-refractivity contribution in [1.29, 1.82) is 0 Å². The minimum Gasteiger partial charge on any atom is -0.330 e. The molecule has 2 aromatic carbocycles. The van der Waals surface area contributed by atoms with Gasteiger partial charge in [-0.25, -0.2) is 12.8 Å². The summed E-state index contributed by atoms with van der Waals surface area (Å²) in [4.78, 5) is 0.00505. The summed E-state index contributed by atoms with van der Waals surface area (Å²) in [6, 6.07) is 13.1. The lowest BCUT2D eigenvalue weighted by atomic mass is 10.2. The Labute approximate surface area is 148 Å². The summed E-state index contributed by atoms with van der Waals surface area (Å²) in [6.45, 7) is 2.59. The molecule has 2 N–H and O–H groups in total. The summed E-state index contributed by atoms with van der Waals surface area (Å²) in [5, 5.41) is 0. The summed E-state index contributed by atoms with van der Waals surface area (Å²) in [5.41, 5.74) is 6.93. The quantitative estimate of drug-likeness (QED) is 0.812. The Bertz CT molecular complexity index is 754. The van der Waals surface area contributed by atoms with Gasteiger partial charge in [-0.05, 0) is 43.1 Å². The molecule has 0 heterocycles. The van der Waals surface area contributed by atoms with Gasteiger partial charge in [0.1, 0.15) is 5.82 Å². The Balaban J connectivity index is 0.00000288. The number of rotatable bonds is 7. The highest BCUT2D eigenvalue weighted by Crippen LogP contribution is 2.23. The van der Waals surface area contributed by atoms with Crippen molar-refractivity contribution in [2.24, 2.45) is 5.73 Å². The summed E-state index contributed by atoms with van der Waals surface area (Å²) in [7, 11) is -3.79. The van der Waals surface area contributed by atoms with E-state index < -0.39 is 15.8 Å². The molecule has 0 saturated heterocycles. The Morgan fingerprint density at radius 3 is 2.42 bits per heavy atom. The molecule has 0 amide bonds. The van der Waals surface area contributed by atoms with E-state index in [0.29, 0.717) is 25.1 Å². The van der Waals surface area contributed by atoms with Crippen molar-refractivity contribution in [1.82, 2.24) is 4.31 Å². The van der Waals surface area contributed by atoms with E-state index in [1.807, 2.05) is 30.3 Å². The maximum atomic E-state index is 13.5. The predicted octanol–water partition coefficient (Wildman–Crippen LogP) is 3.10. The van der Waals surface area contributed by atoms with Crippen LogP contribution in [0, 0.1) is 12.7 Å². The smallest absolute Gasteiger partial charge is 0.243 e. The molecule has 0 atom stereocenters. The second kappa shape index (κ2) is 9.13. The first kappa shape index (κ1) is 20.6. The number of aryl methyl sites for hydroxylation is 1.